The van der Waals surface area contributed by atoms with E-state index in [0.29, 0.717) is 11.5 Å². The molecule has 0 aliphatic carbocycles. The number of epoxide rings is 1. The topological polar surface area (TPSA) is 51.2 Å². The summed E-state index contributed by atoms with van der Waals surface area (Å²) in [6.45, 7) is 7.11. The molecule has 0 amide bonds. The van der Waals surface area contributed by atoms with Gasteiger partial charge in [0.05, 0.1) is 11.8 Å². The van der Waals surface area contributed by atoms with Crippen LogP contribution in [0.4, 0.5) is 5.69 Å². The first-order chi connectivity index (χ1) is 8.55. The highest BCUT2D eigenvalue weighted by atomic mass is 16.6. The summed E-state index contributed by atoms with van der Waals surface area (Å²) >= 11 is 0. The van der Waals surface area contributed by atoms with E-state index in [2.05, 4.69) is 11.6 Å². The first-order valence-electron chi connectivity index (χ1n) is 5.80. The number of ether oxygens (including phenoxy) is 2. The second kappa shape index (κ2) is 3.53. The number of aliphatic imine (C=N–C) groups is 1. The first-order valence-corrected chi connectivity index (χ1v) is 5.80. The Morgan fingerprint density at radius 1 is 1.50 bits per heavy atom. The van der Waals surface area contributed by atoms with Crippen molar-refractivity contribution in [2.24, 2.45) is 4.99 Å². The van der Waals surface area contributed by atoms with Crippen molar-refractivity contribution in [2.45, 2.75) is 25.6 Å². The quantitative estimate of drug-likeness (QED) is 0.432. The van der Waals surface area contributed by atoms with Gasteiger partial charge in [0.2, 0.25) is 5.90 Å². The van der Waals surface area contributed by atoms with Crippen molar-refractivity contribution in [2.75, 3.05) is 0 Å². The fourth-order valence-corrected chi connectivity index (χ4v) is 2.22. The second-order valence-electron chi connectivity index (χ2n) is 4.60. The summed E-state index contributed by atoms with van der Waals surface area (Å²) in [6.07, 6.45) is -0.0298. The Labute approximate surface area is 105 Å². The number of hydrogen-bond donors (Lipinski definition) is 0. The van der Waals surface area contributed by atoms with Gasteiger partial charge in [-0.25, -0.2) is 9.79 Å². The summed E-state index contributed by atoms with van der Waals surface area (Å²) in [5.41, 5.74) is 1.44. The van der Waals surface area contributed by atoms with Crippen LogP contribution >= 0.6 is 0 Å². The third-order valence-electron chi connectivity index (χ3n) is 3.26. The number of benzene rings is 1. The van der Waals surface area contributed by atoms with Gasteiger partial charge in [0, 0.05) is 11.1 Å². The van der Waals surface area contributed by atoms with Crippen LogP contribution in [0, 0.1) is 0 Å². The van der Waals surface area contributed by atoms with E-state index in [0.717, 1.165) is 11.3 Å². The summed E-state index contributed by atoms with van der Waals surface area (Å²) in [5, 5.41) is 0. The summed E-state index contributed by atoms with van der Waals surface area (Å²) in [6, 6.07) is 7.65. The van der Waals surface area contributed by atoms with E-state index in [1.807, 2.05) is 31.2 Å². The minimum atomic E-state index is -0.665. The van der Waals surface area contributed by atoms with Gasteiger partial charge in [0.15, 0.2) is 5.60 Å². The molecule has 1 fully saturated rings. The van der Waals surface area contributed by atoms with Crippen LogP contribution in [0.15, 0.2) is 41.4 Å². The van der Waals surface area contributed by atoms with Crippen molar-refractivity contribution < 1.29 is 14.3 Å². The van der Waals surface area contributed by atoms with Crippen LogP contribution in [-0.4, -0.2) is 18.0 Å². The third kappa shape index (κ3) is 1.36. The number of hydrogen-bond acceptors (Lipinski definition) is 4. The zero-order valence-corrected chi connectivity index (χ0v) is 10.3. The Kier molecular flexibility index (Phi) is 2.19. The maximum atomic E-state index is 11.6. The number of para-hydroxylation sites is 1. The summed E-state index contributed by atoms with van der Waals surface area (Å²) in [5.74, 6) is -0.146. The molecule has 0 N–H and O–H groups in total. The predicted octanol–water partition coefficient (Wildman–Crippen LogP) is 2.46. The number of esters is 1. The second-order valence-corrected chi connectivity index (χ2v) is 4.60. The van der Waals surface area contributed by atoms with Crippen molar-refractivity contribution in [1.82, 2.24) is 0 Å². The Balaban J connectivity index is 1.98. The maximum Gasteiger partial charge on any atom is 0.339 e. The smallest absolute Gasteiger partial charge is 0.339 e. The van der Waals surface area contributed by atoms with E-state index < -0.39 is 11.6 Å². The van der Waals surface area contributed by atoms with Gasteiger partial charge >= 0.3 is 5.97 Å². The molecule has 0 saturated carbocycles. The molecule has 0 radical (unpaired) electrons. The molecule has 92 valence electrons. The normalized spacial score (nSPS) is 27.7. The van der Waals surface area contributed by atoms with Crippen LogP contribution in [0.2, 0.25) is 0 Å². The Morgan fingerprint density at radius 2 is 2.17 bits per heavy atom. The number of fused-ring (bicyclic) bond motifs is 2. The standard InChI is InChI=1S/C14H13NO3/c1-8(2)12(16)17-13-14(9(3)18-14)10-6-4-5-7-11(10)15-13/h4-7,9H,1H2,2-3H3. The van der Waals surface area contributed by atoms with E-state index in [9.17, 15) is 4.79 Å². The van der Waals surface area contributed by atoms with Gasteiger partial charge in [-0.1, -0.05) is 24.8 Å². The minimum absolute atomic E-state index is 0.0298. The molecule has 3 rings (SSSR count). The lowest BCUT2D eigenvalue weighted by Crippen LogP contribution is -2.26. The Bertz CT molecular complexity index is 590. The molecule has 2 unspecified atom stereocenters. The number of rotatable bonds is 1. The zero-order chi connectivity index (χ0) is 12.9. The minimum Gasteiger partial charge on any atom is -0.404 e. The van der Waals surface area contributed by atoms with E-state index in [4.69, 9.17) is 9.47 Å². The van der Waals surface area contributed by atoms with E-state index in [1.54, 1.807) is 6.92 Å². The molecule has 2 aliphatic rings. The lowest BCUT2D eigenvalue weighted by atomic mass is 9.97. The molecule has 1 saturated heterocycles. The predicted molar refractivity (Wildman–Crippen MR) is 66.7 cm³/mol. The molecular weight excluding hydrogens is 230 g/mol. The van der Waals surface area contributed by atoms with E-state index >= 15 is 0 Å². The van der Waals surface area contributed by atoms with Crippen molar-refractivity contribution in [3.8, 4) is 0 Å². The third-order valence-corrected chi connectivity index (χ3v) is 3.26. The molecule has 1 spiro atoms. The van der Waals surface area contributed by atoms with Gasteiger partial charge < -0.3 is 9.47 Å². The average molecular weight is 243 g/mol. The molecule has 1 aromatic rings. The van der Waals surface area contributed by atoms with Gasteiger partial charge in [0.1, 0.15) is 0 Å². The maximum absolute atomic E-state index is 11.6. The molecule has 18 heavy (non-hydrogen) atoms. The summed E-state index contributed by atoms with van der Waals surface area (Å²) in [4.78, 5) is 16.0. The molecule has 2 aliphatic heterocycles. The van der Waals surface area contributed by atoms with Gasteiger partial charge in [-0.15, -0.1) is 0 Å². The number of carbonyl (C=O) groups excluding carboxylic acids is 1. The average Bonchev–Trinajstić information content (AvgIpc) is 2.91. The lowest BCUT2D eigenvalue weighted by molar-refractivity contribution is -0.131. The Morgan fingerprint density at radius 3 is 2.78 bits per heavy atom. The van der Waals surface area contributed by atoms with Crippen LogP contribution in [-0.2, 0) is 19.9 Å². The van der Waals surface area contributed by atoms with Crippen molar-refractivity contribution in [3.63, 3.8) is 0 Å². The van der Waals surface area contributed by atoms with Crippen molar-refractivity contribution in [3.05, 3.63) is 42.0 Å². The van der Waals surface area contributed by atoms with Crippen LogP contribution < -0.4 is 0 Å². The van der Waals surface area contributed by atoms with Gasteiger partial charge in [-0.3, -0.25) is 0 Å². The highest BCUT2D eigenvalue weighted by Gasteiger charge is 2.64. The number of carbonyl (C=O) groups is 1. The molecule has 0 aromatic heterocycles. The fraction of sp³-hybridized carbons (Fsp3) is 0.286. The lowest BCUT2D eigenvalue weighted by Gasteiger charge is -2.09. The summed E-state index contributed by atoms with van der Waals surface area (Å²) < 4.78 is 10.9. The van der Waals surface area contributed by atoms with E-state index in [1.165, 1.54) is 0 Å². The van der Waals surface area contributed by atoms with Crippen LogP contribution in [0.3, 0.4) is 0 Å². The van der Waals surface area contributed by atoms with Gasteiger partial charge in [0.25, 0.3) is 0 Å². The SMILES string of the molecule is C=C(C)C(=O)OC1=Nc2ccccc2C12OC2C. The molecule has 4 heteroatoms. The molecule has 1 aromatic carbocycles. The first kappa shape index (κ1) is 11.2. The van der Waals surface area contributed by atoms with Crippen LogP contribution in [0.5, 0.6) is 0 Å². The monoisotopic (exact) mass is 243 g/mol. The van der Waals surface area contributed by atoms with Crippen molar-refractivity contribution in [1.29, 1.82) is 0 Å². The molecule has 4 nitrogen and oxygen atoms in total. The fourth-order valence-electron chi connectivity index (χ4n) is 2.22. The van der Waals surface area contributed by atoms with Gasteiger partial charge in [-0.05, 0) is 19.9 Å². The zero-order valence-electron chi connectivity index (χ0n) is 10.3. The molecular formula is C14H13NO3. The largest absolute Gasteiger partial charge is 0.404 e. The highest BCUT2D eigenvalue weighted by molar-refractivity contribution is 6.05. The molecule has 2 atom stereocenters. The van der Waals surface area contributed by atoms with Crippen LogP contribution in [0.1, 0.15) is 19.4 Å². The van der Waals surface area contributed by atoms with E-state index in [-0.39, 0.29) is 6.10 Å². The van der Waals surface area contributed by atoms with Gasteiger partial charge in [-0.2, -0.15) is 0 Å². The highest BCUT2D eigenvalue weighted by Crippen LogP contribution is 2.54. The van der Waals surface area contributed by atoms with Crippen molar-refractivity contribution >= 4 is 17.6 Å². The van der Waals surface area contributed by atoms with Crippen LogP contribution in [0.25, 0.3) is 0 Å². The number of nitrogens with zero attached hydrogens (tertiary/aromatic N) is 1. The Hall–Kier alpha value is -1.94. The summed E-state index contributed by atoms with van der Waals surface area (Å²) in [7, 11) is 0. The molecule has 0 bridgehead atoms. The molecule has 2 heterocycles.